The molecule has 3 rings (SSSR count). The fourth-order valence-electron chi connectivity index (χ4n) is 3.04. The molecule has 0 bridgehead atoms. The molecule has 9 heteroatoms. The van der Waals surface area contributed by atoms with Gasteiger partial charge in [0, 0.05) is 44.8 Å². The molecule has 134 valence electrons. The average molecular weight is 346 g/mol. The smallest absolute Gasteiger partial charge is 0.323 e. The van der Waals surface area contributed by atoms with Crippen molar-refractivity contribution in [2.45, 2.75) is 19.9 Å². The van der Waals surface area contributed by atoms with Crippen LogP contribution in [-0.4, -0.2) is 67.5 Å². The third-order valence-corrected chi connectivity index (χ3v) is 4.36. The molecule has 0 spiro atoms. The highest BCUT2D eigenvalue weighted by Gasteiger charge is 2.26. The predicted octanol–water partition coefficient (Wildman–Crippen LogP) is -0.0897. The van der Waals surface area contributed by atoms with Crippen molar-refractivity contribution in [1.82, 2.24) is 29.5 Å². The summed E-state index contributed by atoms with van der Waals surface area (Å²) in [7, 11) is 0. The minimum atomic E-state index is -0.401. The Morgan fingerprint density at radius 1 is 1.24 bits per heavy atom. The minimum absolute atomic E-state index is 0.0693. The monoisotopic (exact) mass is 346 g/mol. The van der Waals surface area contributed by atoms with Crippen molar-refractivity contribution in [3.8, 4) is 0 Å². The van der Waals surface area contributed by atoms with E-state index in [0.717, 1.165) is 0 Å². The molecule has 0 radical (unpaired) electrons. The number of aromatic nitrogens is 4. The Hall–Kier alpha value is -2.84. The van der Waals surface area contributed by atoms with Crippen molar-refractivity contribution in [2.24, 2.45) is 5.92 Å². The highest BCUT2D eigenvalue weighted by atomic mass is 16.2. The molecule has 0 aliphatic carbocycles. The number of rotatable bonds is 4. The number of hydrogen-bond donors (Lipinski definition) is 2. The number of aromatic amines is 2. The molecule has 1 atom stereocenters. The van der Waals surface area contributed by atoms with Crippen molar-refractivity contribution in [3.63, 3.8) is 0 Å². The molecule has 1 aliphatic rings. The molecule has 9 nitrogen and oxygen atoms in total. The van der Waals surface area contributed by atoms with E-state index in [2.05, 4.69) is 15.1 Å². The van der Waals surface area contributed by atoms with Crippen molar-refractivity contribution in [3.05, 3.63) is 40.8 Å². The summed E-state index contributed by atoms with van der Waals surface area (Å²) < 4.78 is 1.75. The lowest BCUT2D eigenvalue weighted by Crippen LogP contribution is -2.40. The van der Waals surface area contributed by atoms with E-state index in [1.165, 1.54) is 6.20 Å². The van der Waals surface area contributed by atoms with E-state index in [4.69, 9.17) is 0 Å². The average Bonchev–Trinajstić information content (AvgIpc) is 3.19. The largest absolute Gasteiger partial charge is 0.341 e. The summed E-state index contributed by atoms with van der Waals surface area (Å²) in [6.45, 7) is 4.55. The Morgan fingerprint density at radius 3 is 2.68 bits per heavy atom. The Balaban J connectivity index is 1.58. The van der Waals surface area contributed by atoms with Gasteiger partial charge < -0.3 is 19.8 Å². The Morgan fingerprint density at radius 2 is 2.00 bits per heavy atom. The fraction of sp³-hybridized carbons (Fsp3) is 0.500. The van der Waals surface area contributed by atoms with Gasteiger partial charge in [0.25, 0.3) is 5.91 Å². The summed E-state index contributed by atoms with van der Waals surface area (Å²) in [5, 5.41) is 4.13. The first kappa shape index (κ1) is 17.0. The fourth-order valence-corrected chi connectivity index (χ4v) is 3.04. The Labute approximate surface area is 144 Å². The van der Waals surface area contributed by atoms with Crippen LogP contribution in [0, 0.1) is 5.92 Å². The van der Waals surface area contributed by atoms with Gasteiger partial charge in [0.05, 0.1) is 12.5 Å². The Kier molecular flexibility index (Phi) is 5.01. The van der Waals surface area contributed by atoms with Gasteiger partial charge in [-0.1, -0.05) is 6.92 Å². The first-order valence-electron chi connectivity index (χ1n) is 8.38. The van der Waals surface area contributed by atoms with Crippen LogP contribution in [0.15, 0.2) is 29.5 Å². The normalized spacial score (nSPS) is 16.5. The summed E-state index contributed by atoms with van der Waals surface area (Å²) in [5.74, 6) is -0.333. The molecule has 0 saturated carbocycles. The maximum Gasteiger partial charge on any atom is 0.323 e. The number of amides is 2. The van der Waals surface area contributed by atoms with Gasteiger partial charge in [-0.3, -0.25) is 14.3 Å². The number of hydrogen-bond acceptors (Lipinski definition) is 4. The van der Waals surface area contributed by atoms with Gasteiger partial charge in [0.15, 0.2) is 0 Å². The summed E-state index contributed by atoms with van der Waals surface area (Å²) in [6, 6.07) is 1.83. The molecule has 25 heavy (non-hydrogen) atoms. The molecule has 1 fully saturated rings. The van der Waals surface area contributed by atoms with E-state index in [0.29, 0.717) is 39.1 Å². The van der Waals surface area contributed by atoms with Crippen LogP contribution < -0.4 is 5.69 Å². The number of nitrogens with zero attached hydrogens (tertiary/aromatic N) is 4. The number of nitrogens with one attached hydrogen (secondary N) is 2. The molecule has 2 aromatic rings. The van der Waals surface area contributed by atoms with Crippen LogP contribution in [0.2, 0.25) is 0 Å². The molecule has 1 unspecified atom stereocenters. The zero-order chi connectivity index (χ0) is 17.8. The van der Waals surface area contributed by atoms with E-state index in [1.54, 1.807) is 20.7 Å². The molecule has 1 aliphatic heterocycles. The SMILES string of the molecule is CC(Cn1cccn1)C(=O)N1CCCN(C(=O)c2c[nH]c(=O)[nH]2)CC1. The van der Waals surface area contributed by atoms with Gasteiger partial charge >= 0.3 is 5.69 Å². The van der Waals surface area contributed by atoms with Gasteiger partial charge in [-0.05, 0) is 12.5 Å². The van der Waals surface area contributed by atoms with Crippen LogP contribution >= 0.6 is 0 Å². The van der Waals surface area contributed by atoms with E-state index >= 15 is 0 Å². The molecule has 2 N–H and O–H groups in total. The van der Waals surface area contributed by atoms with Crippen LogP contribution in [0.1, 0.15) is 23.8 Å². The molecule has 3 heterocycles. The second-order valence-corrected chi connectivity index (χ2v) is 6.26. The van der Waals surface area contributed by atoms with Crippen LogP contribution in [0.5, 0.6) is 0 Å². The highest BCUT2D eigenvalue weighted by molar-refractivity contribution is 5.92. The first-order valence-corrected chi connectivity index (χ1v) is 8.38. The van der Waals surface area contributed by atoms with Crippen molar-refractivity contribution in [2.75, 3.05) is 26.2 Å². The molecule has 1 saturated heterocycles. The van der Waals surface area contributed by atoms with Crippen LogP contribution in [0.25, 0.3) is 0 Å². The van der Waals surface area contributed by atoms with Crippen LogP contribution in [0.3, 0.4) is 0 Å². The lowest BCUT2D eigenvalue weighted by atomic mass is 10.1. The third-order valence-electron chi connectivity index (χ3n) is 4.36. The molecule has 2 aromatic heterocycles. The van der Waals surface area contributed by atoms with Crippen molar-refractivity contribution in [1.29, 1.82) is 0 Å². The summed E-state index contributed by atoms with van der Waals surface area (Å²) >= 11 is 0. The molecular weight excluding hydrogens is 324 g/mol. The summed E-state index contributed by atoms with van der Waals surface area (Å²) in [4.78, 5) is 44.6. The quantitative estimate of drug-likeness (QED) is 0.807. The molecule has 0 aromatic carbocycles. The van der Waals surface area contributed by atoms with Gasteiger partial charge in [-0.2, -0.15) is 5.10 Å². The number of carbonyl (C=O) groups is 2. The Bertz CT molecular complexity index is 778. The number of carbonyl (C=O) groups excluding carboxylic acids is 2. The highest BCUT2D eigenvalue weighted by Crippen LogP contribution is 2.11. The zero-order valence-electron chi connectivity index (χ0n) is 14.1. The lowest BCUT2D eigenvalue weighted by Gasteiger charge is -2.24. The van der Waals surface area contributed by atoms with E-state index in [-0.39, 0.29) is 23.4 Å². The van der Waals surface area contributed by atoms with Gasteiger partial charge in [0.1, 0.15) is 5.69 Å². The summed E-state index contributed by atoms with van der Waals surface area (Å²) in [5.41, 5.74) is -0.153. The second kappa shape index (κ2) is 7.37. The van der Waals surface area contributed by atoms with Gasteiger partial charge in [-0.15, -0.1) is 0 Å². The lowest BCUT2D eigenvalue weighted by molar-refractivity contribution is -0.135. The molecular formula is C16H22N6O3. The zero-order valence-corrected chi connectivity index (χ0v) is 14.1. The standard InChI is InChI=1S/C16H22N6O3/c1-12(11-22-7-2-4-18-22)14(23)20-5-3-6-21(9-8-20)15(24)13-10-17-16(25)19-13/h2,4,7,10,12H,3,5-6,8-9,11H2,1H3,(H2,17,19,25). The van der Waals surface area contributed by atoms with E-state index in [9.17, 15) is 14.4 Å². The predicted molar refractivity (Wildman–Crippen MR) is 89.9 cm³/mol. The third kappa shape index (κ3) is 3.98. The van der Waals surface area contributed by atoms with Gasteiger partial charge in [0.2, 0.25) is 5.91 Å². The van der Waals surface area contributed by atoms with Crippen LogP contribution in [-0.2, 0) is 11.3 Å². The first-order chi connectivity index (χ1) is 12.0. The van der Waals surface area contributed by atoms with Gasteiger partial charge in [-0.25, -0.2) is 4.79 Å². The maximum absolute atomic E-state index is 12.7. The second-order valence-electron chi connectivity index (χ2n) is 6.26. The van der Waals surface area contributed by atoms with Crippen LogP contribution in [0.4, 0.5) is 0 Å². The van der Waals surface area contributed by atoms with Crippen molar-refractivity contribution < 1.29 is 9.59 Å². The number of imidazole rings is 1. The minimum Gasteiger partial charge on any atom is -0.341 e. The molecule has 2 amide bonds. The maximum atomic E-state index is 12.7. The van der Waals surface area contributed by atoms with E-state index < -0.39 is 5.69 Å². The number of H-pyrrole nitrogens is 2. The van der Waals surface area contributed by atoms with E-state index in [1.807, 2.05) is 19.2 Å². The van der Waals surface area contributed by atoms with Crippen molar-refractivity contribution >= 4 is 11.8 Å². The topological polar surface area (TPSA) is 107 Å². The summed E-state index contributed by atoms with van der Waals surface area (Å²) in [6.07, 6.45) is 5.62.